The molecule has 1 fully saturated rings. The molecule has 0 saturated carbocycles. The Morgan fingerprint density at radius 2 is 1.55 bits per heavy atom. The maximum atomic E-state index is 12.9. The van der Waals surface area contributed by atoms with Crippen LogP contribution in [0.3, 0.4) is 0 Å². The molecule has 8 heteroatoms. The fourth-order valence-corrected chi connectivity index (χ4v) is 4.93. The van der Waals surface area contributed by atoms with E-state index in [1.807, 2.05) is 73.5 Å². The third kappa shape index (κ3) is 6.76. The van der Waals surface area contributed by atoms with Crippen LogP contribution in [0, 0.1) is 0 Å². The molecule has 2 amide bonds. The van der Waals surface area contributed by atoms with Gasteiger partial charge in [0.05, 0.1) is 18.8 Å². The van der Waals surface area contributed by atoms with E-state index in [4.69, 9.17) is 4.74 Å². The molecule has 2 heterocycles. The first-order valence-electron chi connectivity index (χ1n) is 13.2. The number of pyridine rings is 1. The molecule has 8 nitrogen and oxygen atoms in total. The van der Waals surface area contributed by atoms with Crippen LogP contribution in [0.25, 0.3) is 0 Å². The number of anilines is 1. The van der Waals surface area contributed by atoms with E-state index >= 15 is 0 Å². The molecule has 1 N–H and O–H groups in total. The first-order valence-corrected chi connectivity index (χ1v) is 13.2. The lowest BCUT2D eigenvalue weighted by molar-refractivity contribution is 0.0772. The fourth-order valence-electron chi connectivity index (χ4n) is 4.93. The third-order valence-electron chi connectivity index (χ3n) is 7.07. The first-order chi connectivity index (χ1) is 18.5. The molecule has 200 valence electrons. The highest BCUT2D eigenvalue weighted by Crippen LogP contribution is 2.31. The van der Waals surface area contributed by atoms with Gasteiger partial charge < -0.3 is 9.64 Å². The molecule has 3 aromatic rings. The molecule has 1 aliphatic heterocycles. The molecule has 0 spiro atoms. The molecule has 1 atom stereocenters. The van der Waals surface area contributed by atoms with Gasteiger partial charge in [-0.05, 0) is 61.4 Å². The van der Waals surface area contributed by atoms with Gasteiger partial charge in [0, 0.05) is 63.3 Å². The number of piperazine rings is 1. The van der Waals surface area contributed by atoms with E-state index < -0.39 is 6.09 Å². The third-order valence-corrected chi connectivity index (χ3v) is 7.07. The average molecular weight is 516 g/mol. The molecule has 0 aliphatic carbocycles. The summed E-state index contributed by atoms with van der Waals surface area (Å²) < 4.78 is 4.71. The first kappa shape index (κ1) is 27.3. The maximum Gasteiger partial charge on any atom is 0.411 e. The van der Waals surface area contributed by atoms with Gasteiger partial charge in [-0.15, -0.1) is 0 Å². The van der Waals surface area contributed by atoms with Crippen LogP contribution in [0.1, 0.15) is 47.1 Å². The van der Waals surface area contributed by atoms with E-state index in [2.05, 4.69) is 38.3 Å². The Hall–Kier alpha value is -3.75. The molecular weight excluding hydrogens is 478 g/mol. The number of hydrogen-bond acceptors (Lipinski definition) is 6. The quantitative estimate of drug-likeness (QED) is 0.447. The zero-order valence-electron chi connectivity index (χ0n) is 22.5. The number of carbonyl (C=O) groups excluding carboxylic acids is 2. The van der Waals surface area contributed by atoms with Crippen molar-refractivity contribution in [3.63, 3.8) is 0 Å². The van der Waals surface area contributed by atoms with Crippen molar-refractivity contribution in [1.29, 1.82) is 0 Å². The van der Waals surface area contributed by atoms with E-state index in [1.165, 1.54) is 7.11 Å². The number of amides is 2. The molecule has 4 rings (SSSR count). The minimum absolute atomic E-state index is 0.0248. The standard InChI is InChI=1S/C30H37N5O3/c1-4-34(5-2)29(36)25-11-9-23(10-12-25)28(24-13-15-26(16-14-24)32-30(37)38-3)35-20-18-33(19-21-35)22-27-8-6-7-17-31-27/h6-17,28H,4-5,18-22H2,1-3H3,(H,32,37). The topological polar surface area (TPSA) is 78.0 Å². The highest BCUT2D eigenvalue weighted by atomic mass is 16.5. The van der Waals surface area contributed by atoms with Gasteiger partial charge in [-0.3, -0.25) is 24.9 Å². The highest BCUT2D eigenvalue weighted by Gasteiger charge is 2.27. The number of methoxy groups -OCH3 is 1. The van der Waals surface area contributed by atoms with Crippen LogP contribution in [0.4, 0.5) is 10.5 Å². The van der Waals surface area contributed by atoms with Gasteiger partial charge in [-0.2, -0.15) is 0 Å². The van der Waals surface area contributed by atoms with Crippen LogP contribution in [0.15, 0.2) is 72.9 Å². The number of nitrogens with one attached hydrogen (secondary N) is 1. The number of nitrogens with zero attached hydrogens (tertiary/aromatic N) is 4. The predicted molar refractivity (Wildman–Crippen MR) is 149 cm³/mol. The van der Waals surface area contributed by atoms with Crippen molar-refractivity contribution < 1.29 is 14.3 Å². The number of rotatable bonds is 9. The molecule has 0 bridgehead atoms. The second-order valence-corrected chi connectivity index (χ2v) is 9.37. The van der Waals surface area contributed by atoms with Gasteiger partial charge in [0.2, 0.25) is 0 Å². The number of ether oxygens (including phenoxy) is 1. The van der Waals surface area contributed by atoms with E-state index in [-0.39, 0.29) is 11.9 Å². The summed E-state index contributed by atoms with van der Waals surface area (Å²) >= 11 is 0. The van der Waals surface area contributed by atoms with Gasteiger partial charge in [-0.25, -0.2) is 4.79 Å². The summed E-state index contributed by atoms with van der Waals surface area (Å²) in [6.45, 7) is 9.90. The predicted octanol–water partition coefficient (Wildman–Crippen LogP) is 4.65. The van der Waals surface area contributed by atoms with E-state index in [1.54, 1.807) is 0 Å². The summed E-state index contributed by atoms with van der Waals surface area (Å²) in [6.07, 6.45) is 1.35. The fraction of sp³-hybridized carbons (Fsp3) is 0.367. The summed E-state index contributed by atoms with van der Waals surface area (Å²) in [4.78, 5) is 35.7. The number of hydrogen-bond donors (Lipinski definition) is 1. The highest BCUT2D eigenvalue weighted by molar-refractivity contribution is 5.94. The zero-order chi connectivity index (χ0) is 26.9. The lowest BCUT2D eigenvalue weighted by Crippen LogP contribution is -2.47. The Kier molecular flexibility index (Phi) is 9.46. The molecule has 1 aromatic heterocycles. The Morgan fingerprint density at radius 1 is 0.921 bits per heavy atom. The Labute approximate surface area is 225 Å². The van der Waals surface area contributed by atoms with Crippen LogP contribution in [-0.2, 0) is 11.3 Å². The molecular formula is C30H37N5O3. The summed E-state index contributed by atoms with van der Waals surface area (Å²) in [5.41, 5.74) is 4.72. The molecule has 2 aromatic carbocycles. The number of aromatic nitrogens is 1. The van der Waals surface area contributed by atoms with Crippen molar-refractivity contribution in [3.8, 4) is 0 Å². The molecule has 1 saturated heterocycles. The number of carbonyl (C=O) groups is 2. The summed E-state index contributed by atoms with van der Waals surface area (Å²) in [5.74, 6) is 0.0551. The van der Waals surface area contributed by atoms with Gasteiger partial charge in [0.25, 0.3) is 5.91 Å². The van der Waals surface area contributed by atoms with Crippen molar-refractivity contribution >= 4 is 17.7 Å². The minimum atomic E-state index is -0.494. The van der Waals surface area contributed by atoms with Gasteiger partial charge in [0.15, 0.2) is 0 Å². The SMILES string of the molecule is CCN(CC)C(=O)c1ccc(C(c2ccc(NC(=O)OC)cc2)N2CCN(Cc3ccccn3)CC2)cc1. The van der Waals surface area contributed by atoms with Crippen LogP contribution in [0.5, 0.6) is 0 Å². The second kappa shape index (κ2) is 13.2. The minimum Gasteiger partial charge on any atom is -0.453 e. The Balaban J connectivity index is 1.55. The van der Waals surface area contributed by atoms with E-state index in [0.29, 0.717) is 24.3 Å². The van der Waals surface area contributed by atoms with Crippen LogP contribution >= 0.6 is 0 Å². The van der Waals surface area contributed by atoms with E-state index in [9.17, 15) is 9.59 Å². The van der Waals surface area contributed by atoms with E-state index in [0.717, 1.165) is 49.5 Å². The molecule has 0 radical (unpaired) electrons. The van der Waals surface area contributed by atoms with Crippen LogP contribution in [0.2, 0.25) is 0 Å². The van der Waals surface area contributed by atoms with Gasteiger partial charge in [0.1, 0.15) is 0 Å². The largest absolute Gasteiger partial charge is 0.453 e. The van der Waals surface area contributed by atoms with Gasteiger partial charge in [-0.1, -0.05) is 30.3 Å². The normalized spacial score (nSPS) is 15.0. The van der Waals surface area contributed by atoms with Crippen molar-refractivity contribution in [3.05, 3.63) is 95.3 Å². The summed E-state index contributed by atoms with van der Waals surface area (Å²) in [7, 11) is 1.35. The monoisotopic (exact) mass is 515 g/mol. The summed E-state index contributed by atoms with van der Waals surface area (Å²) in [5, 5.41) is 2.72. The van der Waals surface area contributed by atoms with Crippen molar-refractivity contribution in [2.75, 3.05) is 51.7 Å². The summed E-state index contributed by atoms with van der Waals surface area (Å²) in [6, 6.07) is 22.0. The maximum absolute atomic E-state index is 12.9. The molecule has 1 unspecified atom stereocenters. The molecule has 38 heavy (non-hydrogen) atoms. The average Bonchev–Trinajstić information content (AvgIpc) is 2.96. The smallest absolute Gasteiger partial charge is 0.411 e. The lowest BCUT2D eigenvalue weighted by Gasteiger charge is -2.39. The number of benzene rings is 2. The van der Waals surface area contributed by atoms with Crippen LogP contribution < -0.4 is 5.32 Å². The van der Waals surface area contributed by atoms with Gasteiger partial charge >= 0.3 is 6.09 Å². The Morgan fingerprint density at radius 3 is 2.11 bits per heavy atom. The van der Waals surface area contributed by atoms with Crippen molar-refractivity contribution in [1.82, 2.24) is 19.7 Å². The molecule has 1 aliphatic rings. The van der Waals surface area contributed by atoms with Crippen molar-refractivity contribution in [2.45, 2.75) is 26.4 Å². The Bertz CT molecular complexity index is 1170. The van der Waals surface area contributed by atoms with Crippen molar-refractivity contribution in [2.24, 2.45) is 0 Å². The lowest BCUT2D eigenvalue weighted by atomic mass is 9.95. The van der Waals surface area contributed by atoms with Crippen LogP contribution in [-0.4, -0.2) is 78.1 Å². The zero-order valence-corrected chi connectivity index (χ0v) is 22.5. The second-order valence-electron chi connectivity index (χ2n) is 9.37.